The Hall–Kier alpha value is -1.39. The van der Waals surface area contributed by atoms with Crippen LogP contribution < -0.4 is 11.1 Å². The number of nitrogens with one attached hydrogen (secondary N) is 1. The van der Waals surface area contributed by atoms with Gasteiger partial charge in [0.05, 0.1) is 6.54 Å². The number of benzene rings is 1. The number of methoxy groups -OCH3 is 1. The van der Waals surface area contributed by atoms with Crippen molar-refractivity contribution < 1.29 is 4.74 Å². The third-order valence-corrected chi connectivity index (χ3v) is 3.88. The lowest BCUT2D eigenvalue weighted by Gasteiger charge is -2.32. The summed E-state index contributed by atoms with van der Waals surface area (Å²) in [4.78, 5) is 4.53. The van der Waals surface area contributed by atoms with Crippen molar-refractivity contribution in [2.75, 3.05) is 26.8 Å². The van der Waals surface area contributed by atoms with Gasteiger partial charge in [-0.3, -0.25) is 4.99 Å². The number of nitrogens with zero attached hydrogens (tertiary/aromatic N) is 1. The van der Waals surface area contributed by atoms with Crippen LogP contribution in [0.25, 0.3) is 0 Å². The number of ether oxygens (including phenoxy) is 1. The molecule has 0 amide bonds. The molecule has 1 aliphatic heterocycles. The van der Waals surface area contributed by atoms with E-state index in [1.807, 2.05) is 0 Å². The number of rotatable bonds is 5. The number of amidine groups is 1. The molecule has 0 radical (unpaired) electrons. The molecule has 0 aliphatic carbocycles. The summed E-state index contributed by atoms with van der Waals surface area (Å²) in [5.41, 5.74) is 9.75. The minimum Gasteiger partial charge on any atom is -0.385 e. The first kappa shape index (κ1) is 14.0. The fourth-order valence-corrected chi connectivity index (χ4v) is 2.57. The van der Waals surface area contributed by atoms with Crippen LogP contribution in [0.4, 0.5) is 0 Å². The zero-order valence-electron chi connectivity index (χ0n) is 12.0. The Morgan fingerprint density at radius 2 is 2.21 bits per heavy atom. The zero-order chi connectivity index (χ0) is 13.9. The van der Waals surface area contributed by atoms with Gasteiger partial charge in [-0.25, -0.2) is 0 Å². The van der Waals surface area contributed by atoms with Crippen molar-refractivity contribution in [3.05, 3.63) is 34.9 Å². The molecular formula is C15H23N3O. The van der Waals surface area contributed by atoms with Crippen molar-refractivity contribution >= 4 is 5.84 Å². The van der Waals surface area contributed by atoms with Crippen LogP contribution in [-0.2, 0) is 10.3 Å². The van der Waals surface area contributed by atoms with Crippen LogP contribution in [0.5, 0.6) is 0 Å². The summed E-state index contributed by atoms with van der Waals surface area (Å²) in [5.74, 6) is 0.887. The fourth-order valence-electron chi connectivity index (χ4n) is 2.57. The van der Waals surface area contributed by atoms with E-state index >= 15 is 0 Å². The quantitative estimate of drug-likeness (QED) is 0.844. The normalized spacial score (nSPS) is 17.8. The topological polar surface area (TPSA) is 59.6 Å². The van der Waals surface area contributed by atoms with Crippen LogP contribution in [0.1, 0.15) is 23.1 Å². The number of nitrogens with two attached hydrogens (primary N) is 1. The summed E-state index contributed by atoms with van der Waals surface area (Å²) in [7, 11) is 1.70. The molecule has 0 aromatic heterocycles. The van der Waals surface area contributed by atoms with Crippen LogP contribution in [-0.4, -0.2) is 32.6 Å². The Morgan fingerprint density at radius 1 is 1.42 bits per heavy atom. The van der Waals surface area contributed by atoms with E-state index in [0.717, 1.165) is 30.9 Å². The lowest BCUT2D eigenvalue weighted by molar-refractivity contribution is 0.180. The monoisotopic (exact) mass is 261 g/mol. The Balaban J connectivity index is 2.44. The summed E-state index contributed by atoms with van der Waals surface area (Å²) >= 11 is 0. The second-order valence-electron chi connectivity index (χ2n) is 5.12. The maximum Gasteiger partial charge on any atom is 0.121 e. The van der Waals surface area contributed by atoms with E-state index in [1.165, 1.54) is 11.1 Å². The average Bonchev–Trinajstić information content (AvgIpc) is 2.94. The predicted octanol–water partition coefficient (Wildman–Crippen LogP) is 1.50. The van der Waals surface area contributed by atoms with Gasteiger partial charge in [-0.1, -0.05) is 18.2 Å². The fraction of sp³-hybridized carbons (Fsp3) is 0.533. The highest BCUT2D eigenvalue weighted by atomic mass is 16.5. The molecule has 0 spiro atoms. The van der Waals surface area contributed by atoms with Crippen molar-refractivity contribution in [3.8, 4) is 0 Å². The van der Waals surface area contributed by atoms with E-state index in [9.17, 15) is 0 Å². The highest BCUT2D eigenvalue weighted by Crippen LogP contribution is 2.29. The molecule has 0 saturated heterocycles. The van der Waals surface area contributed by atoms with Gasteiger partial charge in [0.25, 0.3) is 0 Å². The maximum atomic E-state index is 6.71. The molecule has 2 rings (SSSR count). The molecular weight excluding hydrogens is 238 g/mol. The van der Waals surface area contributed by atoms with Crippen LogP contribution >= 0.6 is 0 Å². The molecule has 1 unspecified atom stereocenters. The average molecular weight is 261 g/mol. The second kappa shape index (κ2) is 5.72. The standard InChI is InChI=1S/C15H23N3O/c1-11-5-4-6-13(12(11)2)15(16,7-10-19-3)14-17-8-9-18-14/h4-6H,7-10,16H2,1-3H3,(H,17,18). The van der Waals surface area contributed by atoms with Gasteiger partial charge in [-0.05, 0) is 30.5 Å². The maximum absolute atomic E-state index is 6.71. The van der Waals surface area contributed by atoms with Crippen molar-refractivity contribution in [1.29, 1.82) is 0 Å². The summed E-state index contributed by atoms with van der Waals surface area (Å²) in [6.45, 7) is 6.51. The van der Waals surface area contributed by atoms with Gasteiger partial charge >= 0.3 is 0 Å². The SMILES string of the molecule is COCCC(N)(C1=NCCN1)c1cccc(C)c1C. The van der Waals surface area contributed by atoms with E-state index in [0.29, 0.717) is 6.61 Å². The Bertz CT molecular complexity index is 484. The van der Waals surface area contributed by atoms with Crippen molar-refractivity contribution in [3.63, 3.8) is 0 Å². The highest BCUT2D eigenvalue weighted by Gasteiger charge is 2.36. The molecule has 1 aromatic carbocycles. The van der Waals surface area contributed by atoms with Crippen molar-refractivity contribution in [2.45, 2.75) is 25.8 Å². The molecule has 0 bridgehead atoms. The molecule has 0 saturated carbocycles. The number of hydrogen-bond acceptors (Lipinski definition) is 4. The summed E-state index contributed by atoms with van der Waals surface area (Å²) in [5, 5.41) is 3.32. The van der Waals surface area contributed by atoms with E-state index in [4.69, 9.17) is 10.5 Å². The number of aliphatic imine (C=N–C) groups is 1. The molecule has 1 atom stereocenters. The summed E-state index contributed by atoms with van der Waals surface area (Å²) < 4.78 is 5.23. The smallest absolute Gasteiger partial charge is 0.121 e. The van der Waals surface area contributed by atoms with Crippen molar-refractivity contribution in [2.24, 2.45) is 10.7 Å². The molecule has 4 heteroatoms. The van der Waals surface area contributed by atoms with E-state index in [1.54, 1.807) is 7.11 Å². The van der Waals surface area contributed by atoms with Crippen LogP contribution in [0.2, 0.25) is 0 Å². The molecule has 1 heterocycles. The molecule has 1 aromatic rings. The van der Waals surface area contributed by atoms with Crippen LogP contribution in [0.3, 0.4) is 0 Å². The molecule has 104 valence electrons. The first-order chi connectivity index (χ1) is 9.09. The van der Waals surface area contributed by atoms with Gasteiger partial charge in [0, 0.05) is 26.7 Å². The van der Waals surface area contributed by atoms with Gasteiger partial charge in [-0.2, -0.15) is 0 Å². The van der Waals surface area contributed by atoms with Crippen LogP contribution in [0, 0.1) is 13.8 Å². The molecule has 0 fully saturated rings. The Kier molecular flexibility index (Phi) is 4.22. The first-order valence-electron chi connectivity index (χ1n) is 6.73. The van der Waals surface area contributed by atoms with Crippen LogP contribution in [0.15, 0.2) is 23.2 Å². The molecule has 4 nitrogen and oxygen atoms in total. The van der Waals surface area contributed by atoms with Gasteiger partial charge in [0.15, 0.2) is 0 Å². The van der Waals surface area contributed by atoms with E-state index in [2.05, 4.69) is 42.4 Å². The minimum atomic E-state index is -0.581. The third kappa shape index (κ3) is 2.65. The zero-order valence-corrected chi connectivity index (χ0v) is 12.0. The minimum absolute atomic E-state index is 0.581. The molecule has 19 heavy (non-hydrogen) atoms. The highest BCUT2D eigenvalue weighted by molar-refractivity contribution is 5.94. The van der Waals surface area contributed by atoms with E-state index in [-0.39, 0.29) is 0 Å². The Morgan fingerprint density at radius 3 is 2.84 bits per heavy atom. The van der Waals surface area contributed by atoms with Gasteiger partial charge in [0.2, 0.25) is 0 Å². The lowest BCUT2D eigenvalue weighted by atomic mass is 9.82. The summed E-state index contributed by atoms with van der Waals surface area (Å²) in [6, 6.07) is 6.27. The van der Waals surface area contributed by atoms with Gasteiger partial charge < -0.3 is 15.8 Å². The van der Waals surface area contributed by atoms with E-state index < -0.39 is 5.54 Å². The second-order valence-corrected chi connectivity index (χ2v) is 5.12. The van der Waals surface area contributed by atoms with Crippen molar-refractivity contribution in [1.82, 2.24) is 5.32 Å². The lowest BCUT2D eigenvalue weighted by Crippen LogP contribution is -2.51. The third-order valence-electron chi connectivity index (χ3n) is 3.88. The van der Waals surface area contributed by atoms with Gasteiger partial charge in [-0.15, -0.1) is 0 Å². The van der Waals surface area contributed by atoms with Gasteiger partial charge in [0.1, 0.15) is 11.4 Å². The molecule has 3 N–H and O–H groups in total. The Labute approximate surface area is 115 Å². The predicted molar refractivity (Wildman–Crippen MR) is 78.6 cm³/mol. The number of aryl methyl sites for hydroxylation is 1. The largest absolute Gasteiger partial charge is 0.385 e. The first-order valence-corrected chi connectivity index (χ1v) is 6.73. The molecule has 1 aliphatic rings. The summed E-state index contributed by atoms with van der Waals surface area (Å²) in [6.07, 6.45) is 0.722. The number of hydrogen-bond donors (Lipinski definition) is 2.